The van der Waals surface area contributed by atoms with E-state index in [0.29, 0.717) is 24.2 Å². The highest BCUT2D eigenvalue weighted by molar-refractivity contribution is 6.03. The van der Waals surface area contributed by atoms with E-state index in [1.54, 1.807) is 44.2 Å². The number of nitrogens with one attached hydrogen (secondary N) is 2. The smallest absolute Gasteiger partial charge is 0.393 e. The van der Waals surface area contributed by atoms with Gasteiger partial charge in [0.15, 0.2) is 6.10 Å². The molecule has 1 aliphatic rings. The van der Waals surface area contributed by atoms with Gasteiger partial charge < -0.3 is 25.0 Å². The minimum Gasteiger partial charge on any atom is -0.480 e. The first kappa shape index (κ1) is 26.3. The lowest BCUT2D eigenvalue weighted by atomic mass is 10.1. The molecule has 7 nitrogen and oxygen atoms in total. The van der Waals surface area contributed by atoms with E-state index in [1.165, 1.54) is 13.2 Å². The zero-order valence-electron chi connectivity index (χ0n) is 20.2. The molecule has 0 saturated carbocycles. The molecule has 10 heteroatoms. The zero-order valence-corrected chi connectivity index (χ0v) is 20.2. The van der Waals surface area contributed by atoms with Gasteiger partial charge in [0.2, 0.25) is 0 Å². The molecule has 2 atom stereocenters. The third-order valence-electron chi connectivity index (χ3n) is 5.78. The number of alkyl halides is 3. The second-order valence-corrected chi connectivity index (χ2v) is 8.66. The van der Waals surface area contributed by atoms with Gasteiger partial charge in [0.25, 0.3) is 5.91 Å². The fraction of sp³-hybridized carbons (Fsp3) is 0.440. The number of piperazine rings is 1. The van der Waals surface area contributed by atoms with E-state index in [9.17, 15) is 22.8 Å². The number of carbonyl (C=O) groups excluding carboxylic acids is 2. The van der Waals surface area contributed by atoms with Crippen molar-refractivity contribution in [3.05, 3.63) is 53.1 Å². The van der Waals surface area contributed by atoms with Crippen molar-refractivity contribution < 1.29 is 32.2 Å². The average molecular weight is 494 g/mol. The molecule has 2 aromatic carbocycles. The summed E-state index contributed by atoms with van der Waals surface area (Å²) in [6, 6.07) is 10.2. The maximum absolute atomic E-state index is 13.3. The van der Waals surface area contributed by atoms with E-state index in [1.807, 2.05) is 6.92 Å². The van der Waals surface area contributed by atoms with Crippen LogP contribution in [0.25, 0.3) is 0 Å². The number of amides is 1. The number of esters is 1. The third-order valence-corrected chi connectivity index (χ3v) is 5.78. The van der Waals surface area contributed by atoms with Crippen molar-refractivity contribution in [2.24, 2.45) is 0 Å². The molecule has 0 aliphatic carbocycles. The van der Waals surface area contributed by atoms with Crippen LogP contribution in [0.5, 0.6) is 5.75 Å². The molecule has 1 amide bonds. The monoisotopic (exact) mass is 493 g/mol. The van der Waals surface area contributed by atoms with E-state index in [0.717, 1.165) is 12.2 Å². The molecule has 1 fully saturated rings. The van der Waals surface area contributed by atoms with Gasteiger partial charge in [-0.3, -0.25) is 4.79 Å². The van der Waals surface area contributed by atoms with Crippen LogP contribution in [0.15, 0.2) is 36.4 Å². The lowest BCUT2D eigenvalue weighted by Gasteiger charge is -2.34. The molecule has 2 aromatic rings. The molecule has 0 unspecified atom stereocenters. The molecule has 0 aromatic heterocycles. The molecule has 0 spiro atoms. The van der Waals surface area contributed by atoms with Gasteiger partial charge in [0.1, 0.15) is 5.75 Å². The number of hydrogen-bond donors (Lipinski definition) is 2. The van der Waals surface area contributed by atoms with Gasteiger partial charge in [-0.1, -0.05) is 18.2 Å². The number of anilines is 2. The van der Waals surface area contributed by atoms with Crippen molar-refractivity contribution in [1.29, 1.82) is 0 Å². The number of nitrogens with zero attached hydrogens (tertiary/aromatic N) is 1. The maximum Gasteiger partial charge on any atom is 0.393 e. The van der Waals surface area contributed by atoms with Crippen molar-refractivity contribution in [3.8, 4) is 5.75 Å². The van der Waals surface area contributed by atoms with E-state index in [-0.39, 0.29) is 23.0 Å². The summed E-state index contributed by atoms with van der Waals surface area (Å²) in [5.74, 6) is -1.51. The zero-order chi connectivity index (χ0) is 25.8. The Labute approximate surface area is 202 Å². The first-order chi connectivity index (χ1) is 16.5. The van der Waals surface area contributed by atoms with Gasteiger partial charge in [-0.25, -0.2) is 4.79 Å². The Morgan fingerprint density at radius 1 is 1.20 bits per heavy atom. The lowest BCUT2D eigenvalue weighted by Crippen LogP contribution is -2.49. The number of hydrogen-bond acceptors (Lipinski definition) is 6. The molecule has 190 valence electrons. The van der Waals surface area contributed by atoms with Crippen LogP contribution in [-0.2, 0) is 9.53 Å². The fourth-order valence-electron chi connectivity index (χ4n) is 4.02. The second-order valence-electron chi connectivity index (χ2n) is 8.66. The second kappa shape index (κ2) is 11.0. The summed E-state index contributed by atoms with van der Waals surface area (Å²) in [6.07, 6.45) is -7.99. The summed E-state index contributed by atoms with van der Waals surface area (Å²) in [7, 11) is 1.20. The van der Waals surface area contributed by atoms with Crippen molar-refractivity contribution in [2.45, 2.75) is 45.5 Å². The van der Waals surface area contributed by atoms with Gasteiger partial charge in [-0.05, 0) is 50.1 Å². The molecular formula is C25H30F3N3O4. The van der Waals surface area contributed by atoms with Gasteiger partial charge in [0.05, 0.1) is 24.8 Å². The Kier molecular flexibility index (Phi) is 8.26. The summed E-state index contributed by atoms with van der Waals surface area (Å²) in [5.41, 5.74) is 2.05. The highest BCUT2D eigenvalue weighted by Gasteiger charge is 2.38. The van der Waals surface area contributed by atoms with Gasteiger partial charge in [-0.2, -0.15) is 13.2 Å². The van der Waals surface area contributed by atoms with Crippen LogP contribution in [0, 0.1) is 13.8 Å². The largest absolute Gasteiger partial charge is 0.480 e. The molecule has 2 N–H and O–H groups in total. The van der Waals surface area contributed by atoms with Crippen LogP contribution in [0.1, 0.15) is 34.8 Å². The molecule has 35 heavy (non-hydrogen) atoms. The highest BCUT2D eigenvalue weighted by Crippen LogP contribution is 2.30. The Balaban J connectivity index is 1.89. The number of benzene rings is 2. The molecule has 0 bridgehead atoms. The van der Waals surface area contributed by atoms with Gasteiger partial charge in [0, 0.05) is 31.4 Å². The van der Waals surface area contributed by atoms with Gasteiger partial charge >= 0.3 is 12.1 Å². The lowest BCUT2D eigenvalue weighted by molar-refractivity contribution is -0.158. The molecule has 1 saturated heterocycles. The predicted molar refractivity (Wildman–Crippen MR) is 127 cm³/mol. The van der Waals surface area contributed by atoms with E-state index in [4.69, 9.17) is 9.47 Å². The molecule has 1 heterocycles. The number of rotatable bonds is 7. The maximum atomic E-state index is 13.3. The number of para-hydroxylation sites is 1. The van der Waals surface area contributed by atoms with Crippen molar-refractivity contribution in [3.63, 3.8) is 0 Å². The minimum absolute atomic E-state index is 0.0439. The number of carbonyl (C=O) groups is 2. The Morgan fingerprint density at radius 2 is 1.89 bits per heavy atom. The van der Waals surface area contributed by atoms with Crippen molar-refractivity contribution in [1.82, 2.24) is 5.32 Å². The first-order valence-corrected chi connectivity index (χ1v) is 11.3. The Morgan fingerprint density at radius 3 is 2.49 bits per heavy atom. The molecule has 3 rings (SSSR count). The minimum atomic E-state index is -4.65. The topological polar surface area (TPSA) is 79.9 Å². The van der Waals surface area contributed by atoms with E-state index >= 15 is 0 Å². The van der Waals surface area contributed by atoms with Crippen LogP contribution in [0.2, 0.25) is 0 Å². The SMILES string of the molecule is COC(=O)c1cc(N2CCN[C@@H](C)C2)ccc1NC(=O)[C@H](CC(F)(F)F)Oc1c(C)cccc1C. The van der Waals surface area contributed by atoms with E-state index in [2.05, 4.69) is 15.5 Å². The van der Waals surface area contributed by atoms with Crippen LogP contribution >= 0.6 is 0 Å². The molecular weight excluding hydrogens is 463 g/mol. The predicted octanol–water partition coefficient (Wildman–Crippen LogP) is 4.23. The normalized spacial score (nSPS) is 17.0. The summed E-state index contributed by atoms with van der Waals surface area (Å²) in [5, 5.41) is 5.78. The average Bonchev–Trinajstić information content (AvgIpc) is 2.79. The van der Waals surface area contributed by atoms with Crippen LogP contribution < -0.4 is 20.3 Å². The van der Waals surface area contributed by atoms with Crippen molar-refractivity contribution >= 4 is 23.3 Å². The number of halogens is 3. The Hall–Kier alpha value is -3.27. The van der Waals surface area contributed by atoms with E-state index < -0.39 is 30.6 Å². The molecule has 1 aliphatic heterocycles. The summed E-state index contributed by atoms with van der Waals surface area (Å²) >= 11 is 0. The number of ether oxygens (including phenoxy) is 2. The Bertz CT molecular complexity index is 1050. The fourth-order valence-corrected chi connectivity index (χ4v) is 4.02. The van der Waals surface area contributed by atoms with Crippen molar-refractivity contribution in [2.75, 3.05) is 37.0 Å². The highest BCUT2D eigenvalue weighted by atomic mass is 19.4. The quantitative estimate of drug-likeness (QED) is 0.562. The van der Waals surface area contributed by atoms with Gasteiger partial charge in [-0.15, -0.1) is 0 Å². The third kappa shape index (κ3) is 6.88. The van der Waals surface area contributed by atoms with Crippen LogP contribution in [0.3, 0.4) is 0 Å². The summed E-state index contributed by atoms with van der Waals surface area (Å²) < 4.78 is 50.4. The summed E-state index contributed by atoms with van der Waals surface area (Å²) in [4.78, 5) is 27.6. The number of aryl methyl sites for hydroxylation is 2. The summed E-state index contributed by atoms with van der Waals surface area (Å²) in [6.45, 7) is 7.62. The first-order valence-electron chi connectivity index (χ1n) is 11.3. The molecule has 0 radical (unpaired) electrons. The number of methoxy groups -OCH3 is 1. The standard InChI is InChI=1S/C25H30F3N3O4/c1-15-6-5-7-16(2)22(15)35-21(13-25(26,27)28)23(32)30-20-9-8-18(12-19(20)24(33)34-4)31-11-10-29-17(3)14-31/h5-9,12,17,21,29H,10-11,13-14H2,1-4H3,(H,30,32)/t17-,21-/m0/s1. The van der Waals surface area contributed by atoms with Crippen LogP contribution in [-0.4, -0.2) is 56.9 Å². The van der Waals surface area contributed by atoms with Crippen LogP contribution in [0.4, 0.5) is 24.5 Å².